The van der Waals surface area contributed by atoms with E-state index in [0.29, 0.717) is 11.3 Å². The third kappa shape index (κ3) is 45.7. The Bertz CT molecular complexity index is 3280. The molecule has 648 valence electrons. The highest BCUT2D eigenvalue weighted by Crippen LogP contribution is 2.29. The first kappa shape index (κ1) is 101. The number of hydrogen-bond acceptors (Lipinski definition) is 27. The van der Waals surface area contributed by atoms with E-state index in [2.05, 4.69) is 27.8 Å². The zero-order valence-corrected chi connectivity index (χ0v) is 65.3. The molecule has 0 saturated carbocycles. The predicted molar refractivity (Wildman–Crippen MR) is 401 cm³/mol. The third-order valence-electron chi connectivity index (χ3n) is 16.8. The number of nitrogens with zero attached hydrogens (tertiary/aromatic N) is 1. The van der Waals surface area contributed by atoms with Gasteiger partial charge < -0.3 is 123 Å². The minimum atomic E-state index is -1.87. The van der Waals surface area contributed by atoms with Crippen molar-refractivity contribution in [3.63, 3.8) is 0 Å². The summed E-state index contributed by atoms with van der Waals surface area (Å²) in [7, 11) is 0. The number of fused-ring (bicyclic) bond motifs is 2. The van der Waals surface area contributed by atoms with Crippen molar-refractivity contribution in [3.8, 4) is 11.8 Å². The topological polar surface area (TPSA) is 560 Å². The van der Waals surface area contributed by atoms with Gasteiger partial charge in [0.1, 0.15) is 28.2 Å². The van der Waals surface area contributed by atoms with Gasteiger partial charge in [-0.1, -0.05) is 42.2 Å². The number of rotatable bonds is 73. The molecule has 1 aliphatic rings. The van der Waals surface area contributed by atoms with Crippen LogP contribution in [-0.4, -0.2) is 312 Å². The maximum Gasteiger partial charge on any atom is 0.305 e. The second-order valence-electron chi connectivity index (χ2n) is 27.2. The normalized spacial score (nSPS) is 12.5. The highest BCUT2D eigenvalue weighted by atomic mass is 16.5. The summed E-state index contributed by atoms with van der Waals surface area (Å²) < 4.78 is 75.1. The number of carboxylic acid groups (broad SMARTS) is 8. The summed E-state index contributed by atoms with van der Waals surface area (Å²) in [5.74, 6) is -6.79. The van der Waals surface area contributed by atoms with Crippen molar-refractivity contribution in [3.05, 3.63) is 65.2 Å². The van der Waals surface area contributed by atoms with Gasteiger partial charge in [-0.25, -0.2) is 0 Å². The van der Waals surface area contributed by atoms with Gasteiger partial charge in [-0.2, -0.15) is 0 Å². The molecule has 39 nitrogen and oxygen atoms in total. The number of aliphatic carboxylic acids is 8. The molecule has 0 spiro atoms. The van der Waals surface area contributed by atoms with E-state index >= 15 is 0 Å². The number of hydrogen-bond donors (Lipinski definition) is 11. The Hall–Kier alpha value is -9.54. The summed E-state index contributed by atoms with van der Waals surface area (Å²) in [6.45, 7) is -7.98. The summed E-state index contributed by atoms with van der Waals surface area (Å²) in [5, 5.41) is 82.8. The van der Waals surface area contributed by atoms with E-state index in [0.717, 1.165) is 11.1 Å². The number of ether oxygens (including phenoxy) is 13. The first-order valence-electron chi connectivity index (χ1n) is 37.6. The minimum absolute atomic E-state index is 0.0120. The van der Waals surface area contributed by atoms with Gasteiger partial charge in [0, 0.05) is 81.1 Å². The molecular weight excluding hydrogens is 1540 g/mol. The van der Waals surface area contributed by atoms with E-state index in [1.165, 1.54) is 0 Å². The van der Waals surface area contributed by atoms with Crippen LogP contribution in [0.1, 0.15) is 133 Å². The summed E-state index contributed by atoms with van der Waals surface area (Å²) in [6.07, 6.45) is -5.93. The number of ketones is 2. The molecule has 0 aromatic heterocycles. The van der Waals surface area contributed by atoms with E-state index in [4.69, 9.17) is 61.6 Å². The highest BCUT2D eigenvalue weighted by molar-refractivity contribution is 5.97. The van der Waals surface area contributed by atoms with Gasteiger partial charge >= 0.3 is 47.8 Å². The van der Waals surface area contributed by atoms with Crippen molar-refractivity contribution >= 4 is 88.6 Å². The van der Waals surface area contributed by atoms with Gasteiger partial charge in [0.2, 0.25) is 23.6 Å². The Morgan fingerprint density at radius 3 is 0.991 bits per heavy atom. The van der Waals surface area contributed by atoms with Gasteiger partial charge in [0.25, 0.3) is 0 Å². The van der Waals surface area contributed by atoms with Crippen LogP contribution in [0.25, 0.3) is 0 Å². The molecule has 2 aromatic rings. The molecule has 1 atom stereocenters. The van der Waals surface area contributed by atoms with E-state index in [-0.39, 0.29) is 143 Å². The first-order valence-corrected chi connectivity index (χ1v) is 37.6. The predicted octanol–water partition coefficient (Wildman–Crippen LogP) is 2.17. The van der Waals surface area contributed by atoms with E-state index in [9.17, 15) is 108 Å². The molecule has 0 aliphatic carbocycles. The molecule has 4 amide bonds. The van der Waals surface area contributed by atoms with Crippen LogP contribution < -0.4 is 20.9 Å². The van der Waals surface area contributed by atoms with Crippen LogP contribution in [-0.2, 0) is 135 Å². The highest BCUT2D eigenvalue weighted by Gasteiger charge is 2.39. The second kappa shape index (κ2) is 57.5. The van der Waals surface area contributed by atoms with Crippen LogP contribution in [0.15, 0.2) is 48.5 Å². The fourth-order valence-corrected chi connectivity index (χ4v) is 11.0. The van der Waals surface area contributed by atoms with Gasteiger partial charge in [-0.3, -0.25) is 67.1 Å². The van der Waals surface area contributed by atoms with E-state index in [1.807, 2.05) is 36.4 Å². The lowest BCUT2D eigenvalue weighted by atomic mass is 9.84. The fourth-order valence-electron chi connectivity index (χ4n) is 11.0. The standard InChI is InChI=1S/C77H110N4O35/c1-2-104-47-75(48-112-37-24-69(94)95,49-113-38-25-70(96)97)78-63(85)19-32-110-51-76(50-109-30-17-60(83)42-74(44-106-34-21-66(88)89,45-107-35-22-67(90)91)46-108-36-23-68(92)93,52-111-33-20-64(86)80-77(53-114-39-26-71(98)99,54-115-40-27-72(100)101)55-116-41-28-73(102)103)79-62(84)18-31-105-29-7-11-59(82)15-16-65(87)81-43-58-10-4-3-8-56(58)13-14-57-9-5-6-12-61(57)81/h3-6,8-10,12H,2,7,11,15-55H2,1H3,(H,78,85)(H,79,84)(H,80,86)(H,88,89)(H,90,91)(H,92,93)(H,94,95)(H,96,97)(H,98,99)(H,100,101)(H,102,103). The molecule has 1 heterocycles. The molecule has 11 N–H and O–H groups in total. The molecule has 2 aromatic carbocycles. The molecular formula is C77H110N4O35. The van der Waals surface area contributed by atoms with Crippen LogP contribution in [0, 0.1) is 17.3 Å². The monoisotopic (exact) mass is 1650 g/mol. The molecule has 1 aliphatic heterocycles. The lowest BCUT2D eigenvalue weighted by Gasteiger charge is -2.35. The third-order valence-corrected chi connectivity index (χ3v) is 16.8. The average Bonchev–Trinajstić information content (AvgIpc) is 0.807. The molecule has 0 saturated heterocycles. The van der Waals surface area contributed by atoms with Crippen LogP contribution in [0.3, 0.4) is 0 Å². The lowest BCUT2D eigenvalue weighted by molar-refractivity contribution is -0.143. The number of carbonyl (C=O) groups excluding carboxylic acids is 6. The molecule has 0 fully saturated rings. The Balaban J connectivity index is 2.04. The second-order valence-corrected chi connectivity index (χ2v) is 27.2. The van der Waals surface area contributed by atoms with Crippen LogP contribution in [0.5, 0.6) is 0 Å². The Kier molecular flexibility index (Phi) is 49.9. The van der Waals surface area contributed by atoms with Crippen molar-refractivity contribution < 1.29 is 170 Å². The van der Waals surface area contributed by atoms with Crippen LogP contribution in [0.2, 0.25) is 0 Å². The number of para-hydroxylation sites is 1. The van der Waals surface area contributed by atoms with Crippen LogP contribution in [0.4, 0.5) is 5.69 Å². The van der Waals surface area contributed by atoms with Crippen molar-refractivity contribution in [1.82, 2.24) is 16.0 Å². The number of carbonyl (C=O) groups is 14. The molecule has 0 bridgehead atoms. The quantitative estimate of drug-likeness (QED) is 0.0334. The summed E-state index contributed by atoms with van der Waals surface area (Å²) in [6, 6.07) is 14.6. The minimum Gasteiger partial charge on any atom is -0.481 e. The SMILES string of the molecule is CCOCC(COCCC(=O)O)(COCCC(=O)O)NC(=O)CCOCC(COCCC(=O)CC(COCCC(=O)O)(COCCC(=O)O)COCCC(=O)O)(COCCC(=O)NC(COCCC(=O)O)(COCCC(=O)O)COCCC(=O)O)NC(=O)CCOCCCC(=O)CCC(=O)N1Cc2ccccc2C#Cc2ccccc21. The van der Waals surface area contributed by atoms with Gasteiger partial charge in [0.15, 0.2) is 0 Å². The van der Waals surface area contributed by atoms with Crippen molar-refractivity contribution in [2.45, 2.75) is 139 Å². The van der Waals surface area contributed by atoms with Gasteiger partial charge in [0.05, 0.1) is 222 Å². The Morgan fingerprint density at radius 1 is 0.328 bits per heavy atom. The maximum atomic E-state index is 14.4. The van der Waals surface area contributed by atoms with E-state index in [1.54, 1.807) is 24.0 Å². The zero-order valence-electron chi connectivity index (χ0n) is 65.3. The Labute approximate surface area is 670 Å². The zero-order chi connectivity index (χ0) is 85.5. The average molecular weight is 1650 g/mol. The largest absolute Gasteiger partial charge is 0.481 e. The Morgan fingerprint density at radius 2 is 0.629 bits per heavy atom. The molecule has 0 radical (unpaired) electrons. The summed E-state index contributed by atoms with van der Waals surface area (Å²) in [4.78, 5) is 177. The lowest BCUT2D eigenvalue weighted by Crippen LogP contribution is -2.60. The molecule has 116 heavy (non-hydrogen) atoms. The summed E-state index contributed by atoms with van der Waals surface area (Å²) >= 11 is 0. The fraction of sp³-hybridized carbons (Fsp3) is 0.636. The number of amides is 4. The molecule has 39 heteroatoms. The smallest absolute Gasteiger partial charge is 0.305 e. The first-order chi connectivity index (χ1) is 55.4. The molecule has 3 rings (SSSR count). The molecule has 1 unspecified atom stereocenters. The van der Waals surface area contributed by atoms with Gasteiger partial charge in [-0.15, -0.1) is 0 Å². The number of Topliss-reactive ketones (excluding diaryl/α,β-unsaturated/α-hetero) is 2. The van der Waals surface area contributed by atoms with Crippen molar-refractivity contribution in [1.29, 1.82) is 0 Å². The number of nitrogens with one attached hydrogen (secondary N) is 3. The van der Waals surface area contributed by atoms with E-state index < -0.39 is 250 Å². The van der Waals surface area contributed by atoms with Crippen molar-refractivity contribution in [2.75, 3.05) is 177 Å². The van der Waals surface area contributed by atoms with Crippen molar-refractivity contribution in [2.24, 2.45) is 5.41 Å². The number of anilines is 1. The maximum absolute atomic E-state index is 14.4. The summed E-state index contributed by atoms with van der Waals surface area (Å²) in [5.41, 5.74) is -3.73. The van der Waals surface area contributed by atoms with Crippen LogP contribution >= 0.6 is 0 Å². The number of benzene rings is 2. The van der Waals surface area contributed by atoms with Gasteiger partial charge in [-0.05, 0) is 37.1 Å². The number of carboxylic acids is 8.